The standard InChI is InChI=1S/C9H9BrO2S/c10-8-3-1-7(2-4-8)9-12-5-6-13(9)11/h1-4,9H,5-6H2/t9-,13?/m1/s1. The second kappa shape index (κ2) is 3.90. The molecule has 2 nitrogen and oxygen atoms in total. The third-order valence-corrected chi connectivity index (χ3v) is 3.92. The molecule has 1 aliphatic rings. The van der Waals surface area contributed by atoms with E-state index in [4.69, 9.17) is 4.74 Å². The third kappa shape index (κ3) is 2.00. The van der Waals surface area contributed by atoms with Crippen molar-refractivity contribution in [2.75, 3.05) is 12.4 Å². The first-order valence-electron chi connectivity index (χ1n) is 4.01. The fourth-order valence-electron chi connectivity index (χ4n) is 1.29. The zero-order chi connectivity index (χ0) is 9.26. The minimum Gasteiger partial charge on any atom is -0.359 e. The lowest BCUT2D eigenvalue weighted by Crippen LogP contribution is -2.00. The molecule has 0 spiro atoms. The van der Waals surface area contributed by atoms with Crippen LogP contribution in [-0.4, -0.2) is 16.6 Å². The quantitative estimate of drug-likeness (QED) is 0.774. The van der Waals surface area contributed by atoms with Gasteiger partial charge in [-0.05, 0) is 17.7 Å². The van der Waals surface area contributed by atoms with E-state index >= 15 is 0 Å². The second-order valence-corrected chi connectivity index (χ2v) is 5.35. The van der Waals surface area contributed by atoms with E-state index in [0.29, 0.717) is 12.4 Å². The van der Waals surface area contributed by atoms with Gasteiger partial charge in [0, 0.05) is 4.47 Å². The van der Waals surface area contributed by atoms with Crippen LogP contribution in [0.15, 0.2) is 28.7 Å². The van der Waals surface area contributed by atoms with E-state index in [0.717, 1.165) is 10.0 Å². The number of ether oxygens (including phenoxy) is 1. The Bertz CT molecular complexity index is 323. The van der Waals surface area contributed by atoms with E-state index in [9.17, 15) is 4.21 Å². The van der Waals surface area contributed by atoms with Gasteiger partial charge in [-0.25, -0.2) is 0 Å². The Morgan fingerprint density at radius 1 is 1.38 bits per heavy atom. The first-order valence-corrected chi connectivity index (χ1v) is 6.19. The smallest absolute Gasteiger partial charge is 0.157 e. The Labute approximate surface area is 87.9 Å². The lowest BCUT2D eigenvalue weighted by Gasteiger charge is -2.07. The topological polar surface area (TPSA) is 26.3 Å². The van der Waals surface area contributed by atoms with E-state index in [1.807, 2.05) is 24.3 Å². The molecule has 0 amide bonds. The second-order valence-electron chi connectivity index (χ2n) is 2.84. The van der Waals surface area contributed by atoms with Gasteiger partial charge >= 0.3 is 0 Å². The molecule has 1 unspecified atom stereocenters. The van der Waals surface area contributed by atoms with Crippen molar-refractivity contribution in [3.8, 4) is 0 Å². The molecule has 0 aliphatic carbocycles. The molecule has 2 rings (SSSR count). The molecule has 4 heteroatoms. The lowest BCUT2D eigenvalue weighted by atomic mass is 10.2. The maximum absolute atomic E-state index is 11.4. The summed E-state index contributed by atoms with van der Waals surface area (Å²) in [5.74, 6) is 0.654. The highest BCUT2D eigenvalue weighted by Crippen LogP contribution is 2.27. The van der Waals surface area contributed by atoms with Gasteiger partial charge in [-0.1, -0.05) is 28.1 Å². The molecule has 0 radical (unpaired) electrons. The van der Waals surface area contributed by atoms with E-state index < -0.39 is 10.8 Å². The summed E-state index contributed by atoms with van der Waals surface area (Å²) in [7, 11) is -0.856. The van der Waals surface area contributed by atoms with Crippen LogP contribution in [0, 0.1) is 0 Å². The van der Waals surface area contributed by atoms with Crippen molar-refractivity contribution in [3.05, 3.63) is 34.3 Å². The van der Waals surface area contributed by atoms with Gasteiger partial charge in [0.05, 0.1) is 23.2 Å². The summed E-state index contributed by atoms with van der Waals surface area (Å²) in [5.41, 5.74) is 0.784. The zero-order valence-electron chi connectivity index (χ0n) is 6.90. The maximum Gasteiger partial charge on any atom is 0.157 e. The van der Waals surface area contributed by atoms with E-state index in [-0.39, 0.29) is 5.44 Å². The highest BCUT2D eigenvalue weighted by Gasteiger charge is 2.25. The van der Waals surface area contributed by atoms with Crippen molar-refractivity contribution in [2.24, 2.45) is 0 Å². The van der Waals surface area contributed by atoms with Gasteiger partial charge in [0.25, 0.3) is 0 Å². The Kier molecular flexibility index (Phi) is 2.81. The molecule has 1 aromatic rings. The summed E-state index contributed by atoms with van der Waals surface area (Å²) < 4.78 is 17.8. The highest BCUT2D eigenvalue weighted by molar-refractivity contribution is 9.10. The molecule has 1 aliphatic heterocycles. The van der Waals surface area contributed by atoms with Crippen molar-refractivity contribution in [3.63, 3.8) is 0 Å². The largest absolute Gasteiger partial charge is 0.359 e. The summed E-state index contributed by atoms with van der Waals surface area (Å²) in [6.07, 6.45) is 0. The van der Waals surface area contributed by atoms with Crippen molar-refractivity contribution in [2.45, 2.75) is 5.44 Å². The first kappa shape index (κ1) is 9.37. The van der Waals surface area contributed by atoms with Crippen LogP contribution in [0.1, 0.15) is 11.0 Å². The first-order chi connectivity index (χ1) is 6.27. The minimum atomic E-state index is -0.856. The van der Waals surface area contributed by atoms with Gasteiger partial charge in [0.2, 0.25) is 0 Å². The highest BCUT2D eigenvalue weighted by atomic mass is 79.9. The third-order valence-electron chi connectivity index (χ3n) is 1.93. The summed E-state index contributed by atoms with van der Waals surface area (Å²) >= 11 is 3.35. The van der Waals surface area contributed by atoms with E-state index in [2.05, 4.69) is 15.9 Å². The summed E-state index contributed by atoms with van der Waals surface area (Å²) in [6.45, 7) is 0.605. The average Bonchev–Trinajstić information content (AvgIpc) is 2.53. The van der Waals surface area contributed by atoms with Crippen molar-refractivity contribution < 1.29 is 8.95 Å². The average molecular weight is 261 g/mol. The number of hydrogen-bond donors (Lipinski definition) is 0. The van der Waals surface area contributed by atoms with Crippen LogP contribution < -0.4 is 0 Å². The monoisotopic (exact) mass is 260 g/mol. The van der Waals surface area contributed by atoms with E-state index in [1.165, 1.54) is 0 Å². The molecular weight excluding hydrogens is 252 g/mol. The molecule has 1 aromatic carbocycles. The summed E-state index contributed by atoms with van der Waals surface area (Å²) in [5, 5.41) is 0. The van der Waals surface area contributed by atoms with Gasteiger partial charge in [0.15, 0.2) is 5.44 Å². The molecule has 1 heterocycles. The Hall–Kier alpha value is -0.190. The van der Waals surface area contributed by atoms with Crippen LogP contribution in [-0.2, 0) is 15.5 Å². The molecule has 13 heavy (non-hydrogen) atoms. The number of halogens is 1. The molecule has 0 aromatic heterocycles. The van der Waals surface area contributed by atoms with Crippen molar-refractivity contribution in [1.82, 2.24) is 0 Å². The van der Waals surface area contributed by atoms with Gasteiger partial charge in [-0.2, -0.15) is 0 Å². The lowest BCUT2D eigenvalue weighted by molar-refractivity contribution is 0.143. The Morgan fingerprint density at radius 2 is 2.08 bits per heavy atom. The summed E-state index contributed by atoms with van der Waals surface area (Å²) in [4.78, 5) is 0. The fourth-order valence-corrected chi connectivity index (χ4v) is 2.74. The Morgan fingerprint density at radius 3 is 2.62 bits per heavy atom. The van der Waals surface area contributed by atoms with Crippen LogP contribution in [0.3, 0.4) is 0 Å². The molecule has 0 bridgehead atoms. The van der Waals surface area contributed by atoms with Crippen molar-refractivity contribution in [1.29, 1.82) is 0 Å². The minimum absolute atomic E-state index is 0.215. The predicted octanol–water partition coefficient (Wildman–Crippen LogP) is 2.23. The number of hydrogen-bond acceptors (Lipinski definition) is 2. The van der Waals surface area contributed by atoms with Gasteiger partial charge in [0.1, 0.15) is 0 Å². The van der Waals surface area contributed by atoms with E-state index in [1.54, 1.807) is 0 Å². The number of benzene rings is 1. The molecule has 70 valence electrons. The summed E-state index contributed by atoms with van der Waals surface area (Å²) in [6, 6.07) is 7.76. The van der Waals surface area contributed by atoms with Crippen LogP contribution in [0.4, 0.5) is 0 Å². The van der Waals surface area contributed by atoms with Gasteiger partial charge in [-0.3, -0.25) is 4.21 Å². The normalized spacial score (nSPS) is 27.8. The molecule has 1 fully saturated rings. The van der Waals surface area contributed by atoms with Crippen LogP contribution >= 0.6 is 15.9 Å². The zero-order valence-corrected chi connectivity index (χ0v) is 9.31. The van der Waals surface area contributed by atoms with Crippen LogP contribution in [0.5, 0.6) is 0 Å². The van der Waals surface area contributed by atoms with Crippen LogP contribution in [0.2, 0.25) is 0 Å². The maximum atomic E-state index is 11.4. The van der Waals surface area contributed by atoms with Crippen LogP contribution in [0.25, 0.3) is 0 Å². The molecule has 1 saturated heterocycles. The molecule has 2 atom stereocenters. The SMILES string of the molecule is O=S1CCO[C@H]1c1ccc(Br)cc1. The van der Waals surface area contributed by atoms with Gasteiger partial charge < -0.3 is 4.74 Å². The molecule has 0 N–H and O–H groups in total. The molecule has 0 saturated carbocycles. The predicted molar refractivity (Wildman–Crippen MR) is 55.8 cm³/mol. The fraction of sp³-hybridized carbons (Fsp3) is 0.333. The van der Waals surface area contributed by atoms with Gasteiger partial charge in [-0.15, -0.1) is 0 Å². The van der Waals surface area contributed by atoms with Crippen molar-refractivity contribution >= 4 is 26.7 Å². The molecular formula is C9H9BrO2S. The number of rotatable bonds is 1. The Balaban J connectivity index is 2.25.